The zero-order chi connectivity index (χ0) is 22.5. The lowest BCUT2D eigenvalue weighted by Gasteiger charge is -2.08. The van der Waals surface area contributed by atoms with E-state index in [0.717, 1.165) is 39.0 Å². The molecule has 1 aromatic heterocycles. The van der Waals surface area contributed by atoms with Crippen molar-refractivity contribution in [1.82, 2.24) is 10.3 Å². The molecule has 4 aromatic rings. The standard InChI is InChI=1S/C25H22N4O3/c1-32-24(30)18-9-12-20-21(15-27-22(20)13-18)23(17-5-3-2-4-6-17)29-19-10-7-16(8-11-19)14-28-25(26)31/h2-13,15,27H,14H2,1H3,(H3,26,28,31). The fourth-order valence-corrected chi connectivity index (χ4v) is 3.45. The van der Waals surface area contributed by atoms with Crippen LogP contribution in [0.15, 0.2) is 84.0 Å². The van der Waals surface area contributed by atoms with E-state index in [9.17, 15) is 9.59 Å². The average molecular weight is 426 g/mol. The summed E-state index contributed by atoms with van der Waals surface area (Å²) in [5.74, 6) is -0.383. The molecule has 7 heteroatoms. The molecule has 0 atom stereocenters. The van der Waals surface area contributed by atoms with Crippen molar-refractivity contribution in [3.63, 3.8) is 0 Å². The Bertz CT molecular complexity index is 1290. The van der Waals surface area contributed by atoms with Crippen molar-refractivity contribution in [3.05, 3.63) is 101 Å². The van der Waals surface area contributed by atoms with E-state index >= 15 is 0 Å². The SMILES string of the molecule is COC(=O)c1ccc2c(C(=Nc3ccc(CNC(N)=O)cc3)c3ccccc3)c[nH]c2c1. The highest BCUT2D eigenvalue weighted by atomic mass is 16.5. The van der Waals surface area contributed by atoms with Crippen LogP contribution in [0, 0.1) is 0 Å². The summed E-state index contributed by atoms with van der Waals surface area (Å²) in [5.41, 5.74) is 10.8. The van der Waals surface area contributed by atoms with Gasteiger partial charge in [0.2, 0.25) is 0 Å². The second kappa shape index (κ2) is 9.18. The Hall–Kier alpha value is -4.39. The number of hydrogen-bond acceptors (Lipinski definition) is 4. The van der Waals surface area contributed by atoms with Crippen molar-refractivity contribution >= 4 is 34.3 Å². The molecule has 0 saturated carbocycles. The first-order valence-electron chi connectivity index (χ1n) is 10.0. The van der Waals surface area contributed by atoms with Crippen molar-refractivity contribution in [2.75, 3.05) is 7.11 Å². The molecule has 4 N–H and O–H groups in total. The maximum atomic E-state index is 11.9. The van der Waals surface area contributed by atoms with Gasteiger partial charge in [0.25, 0.3) is 0 Å². The number of aromatic nitrogens is 1. The first kappa shape index (κ1) is 20.9. The lowest BCUT2D eigenvalue weighted by atomic mass is 10.0. The van der Waals surface area contributed by atoms with Gasteiger partial charge in [-0.3, -0.25) is 0 Å². The number of primary amides is 1. The summed E-state index contributed by atoms with van der Waals surface area (Å²) in [6, 6.07) is 22.3. The molecular weight excluding hydrogens is 404 g/mol. The number of urea groups is 1. The number of esters is 1. The van der Waals surface area contributed by atoms with Crippen LogP contribution in [0.5, 0.6) is 0 Å². The lowest BCUT2D eigenvalue weighted by Crippen LogP contribution is -2.28. The Kier molecular flexibility index (Phi) is 5.98. The van der Waals surface area contributed by atoms with Gasteiger partial charge < -0.3 is 20.8 Å². The van der Waals surface area contributed by atoms with Crippen LogP contribution in [0.2, 0.25) is 0 Å². The molecule has 0 aliphatic heterocycles. The van der Waals surface area contributed by atoms with Gasteiger partial charge in [-0.1, -0.05) is 48.5 Å². The quantitative estimate of drug-likeness (QED) is 0.316. The number of benzene rings is 3. The van der Waals surface area contributed by atoms with Crippen molar-refractivity contribution in [2.45, 2.75) is 6.54 Å². The fraction of sp³-hybridized carbons (Fsp3) is 0.0800. The van der Waals surface area contributed by atoms with Gasteiger partial charge in [-0.15, -0.1) is 0 Å². The number of aliphatic imine (C=N–C) groups is 1. The van der Waals surface area contributed by atoms with E-state index in [1.165, 1.54) is 7.11 Å². The van der Waals surface area contributed by atoms with Gasteiger partial charge in [0.15, 0.2) is 0 Å². The number of ether oxygens (including phenoxy) is 1. The number of nitrogens with zero attached hydrogens (tertiary/aromatic N) is 1. The van der Waals surface area contributed by atoms with E-state index in [-0.39, 0.29) is 5.97 Å². The third-order valence-corrected chi connectivity index (χ3v) is 5.05. The van der Waals surface area contributed by atoms with Crippen molar-refractivity contribution in [1.29, 1.82) is 0 Å². The molecule has 0 bridgehead atoms. The fourth-order valence-electron chi connectivity index (χ4n) is 3.45. The second-order valence-corrected chi connectivity index (χ2v) is 7.16. The predicted octanol–water partition coefficient (Wildman–Crippen LogP) is 4.29. The molecule has 0 aliphatic rings. The number of rotatable bonds is 6. The van der Waals surface area contributed by atoms with E-state index in [2.05, 4.69) is 10.3 Å². The summed E-state index contributed by atoms with van der Waals surface area (Å²) < 4.78 is 4.82. The normalized spacial score (nSPS) is 11.3. The highest BCUT2D eigenvalue weighted by molar-refractivity contribution is 6.20. The van der Waals surface area contributed by atoms with Gasteiger partial charge in [-0.05, 0) is 29.8 Å². The summed E-state index contributed by atoms with van der Waals surface area (Å²) in [4.78, 5) is 31.0. The first-order valence-corrected chi connectivity index (χ1v) is 10.0. The van der Waals surface area contributed by atoms with E-state index < -0.39 is 6.03 Å². The van der Waals surface area contributed by atoms with Crippen molar-refractivity contribution in [2.24, 2.45) is 10.7 Å². The number of fused-ring (bicyclic) bond motifs is 1. The number of amides is 2. The minimum atomic E-state index is -0.562. The molecule has 0 fully saturated rings. The van der Waals surface area contributed by atoms with Gasteiger partial charge in [0, 0.05) is 34.8 Å². The van der Waals surface area contributed by atoms with E-state index in [4.69, 9.17) is 15.5 Å². The van der Waals surface area contributed by atoms with Gasteiger partial charge in [-0.25, -0.2) is 14.6 Å². The molecule has 4 rings (SSSR count). The third kappa shape index (κ3) is 4.52. The highest BCUT2D eigenvalue weighted by Crippen LogP contribution is 2.26. The van der Waals surface area contributed by atoms with Crippen LogP contribution >= 0.6 is 0 Å². The number of nitrogens with two attached hydrogens (primary N) is 1. The molecule has 160 valence electrons. The molecule has 2 amide bonds. The molecule has 3 aromatic carbocycles. The van der Waals surface area contributed by atoms with Gasteiger partial charge in [0.05, 0.1) is 24.1 Å². The molecule has 7 nitrogen and oxygen atoms in total. The maximum absolute atomic E-state index is 11.9. The van der Waals surface area contributed by atoms with Crippen LogP contribution < -0.4 is 11.1 Å². The largest absolute Gasteiger partial charge is 0.465 e. The Morgan fingerprint density at radius 2 is 1.75 bits per heavy atom. The summed E-state index contributed by atoms with van der Waals surface area (Å²) in [7, 11) is 1.36. The van der Waals surface area contributed by atoms with Crippen molar-refractivity contribution in [3.8, 4) is 0 Å². The average Bonchev–Trinajstić information content (AvgIpc) is 3.25. The molecule has 0 radical (unpaired) electrons. The molecule has 0 unspecified atom stereocenters. The molecule has 0 spiro atoms. The van der Waals surface area contributed by atoms with Crippen molar-refractivity contribution < 1.29 is 14.3 Å². The topological polar surface area (TPSA) is 110 Å². The first-order chi connectivity index (χ1) is 15.5. The molecular formula is C25H22N4O3. The zero-order valence-corrected chi connectivity index (χ0v) is 17.5. The summed E-state index contributed by atoms with van der Waals surface area (Å²) in [6.45, 7) is 0.357. The number of carbonyl (C=O) groups excluding carboxylic acids is 2. The monoisotopic (exact) mass is 426 g/mol. The van der Waals surface area contributed by atoms with Crippen LogP contribution in [0.3, 0.4) is 0 Å². The van der Waals surface area contributed by atoms with Crippen LogP contribution in [0.25, 0.3) is 10.9 Å². The molecule has 0 aliphatic carbocycles. The van der Waals surface area contributed by atoms with E-state index in [1.807, 2.05) is 66.9 Å². The number of carbonyl (C=O) groups is 2. The van der Waals surface area contributed by atoms with Crippen LogP contribution in [-0.4, -0.2) is 29.8 Å². The smallest absolute Gasteiger partial charge is 0.337 e. The number of H-pyrrole nitrogens is 1. The predicted molar refractivity (Wildman–Crippen MR) is 124 cm³/mol. The zero-order valence-electron chi connectivity index (χ0n) is 17.5. The Labute approximate surface area is 184 Å². The number of methoxy groups -OCH3 is 1. The van der Waals surface area contributed by atoms with E-state index in [0.29, 0.717) is 12.1 Å². The molecule has 32 heavy (non-hydrogen) atoms. The number of nitrogens with one attached hydrogen (secondary N) is 2. The summed E-state index contributed by atoms with van der Waals surface area (Å²) in [6.07, 6.45) is 1.89. The van der Waals surface area contributed by atoms with Gasteiger partial charge >= 0.3 is 12.0 Å². The number of aromatic amines is 1. The minimum Gasteiger partial charge on any atom is -0.465 e. The van der Waals surface area contributed by atoms with Gasteiger partial charge in [-0.2, -0.15) is 0 Å². The summed E-state index contributed by atoms with van der Waals surface area (Å²) in [5, 5.41) is 3.52. The highest BCUT2D eigenvalue weighted by Gasteiger charge is 2.15. The van der Waals surface area contributed by atoms with Crippen LogP contribution in [-0.2, 0) is 11.3 Å². The van der Waals surface area contributed by atoms with Gasteiger partial charge in [0.1, 0.15) is 0 Å². The molecule has 1 heterocycles. The van der Waals surface area contributed by atoms with Crippen LogP contribution in [0.1, 0.15) is 27.0 Å². The van der Waals surface area contributed by atoms with Crippen LogP contribution in [0.4, 0.5) is 10.5 Å². The lowest BCUT2D eigenvalue weighted by molar-refractivity contribution is 0.0601. The summed E-state index contributed by atoms with van der Waals surface area (Å²) >= 11 is 0. The maximum Gasteiger partial charge on any atom is 0.337 e. The Morgan fingerprint density at radius 1 is 1.00 bits per heavy atom. The second-order valence-electron chi connectivity index (χ2n) is 7.16. The number of hydrogen-bond donors (Lipinski definition) is 3. The Balaban J connectivity index is 1.75. The molecule has 0 saturated heterocycles. The minimum absolute atomic E-state index is 0.357. The van der Waals surface area contributed by atoms with E-state index in [1.54, 1.807) is 12.1 Å². The Morgan fingerprint density at radius 3 is 2.44 bits per heavy atom. The third-order valence-electron chi connectivity index (χ3n) is 5.05.